The quantitative estimate of drug-likeness (QED) is 0.391. The van der Waals surface area contributed by atoms with Crippen LogP contribution in [0, 0.1) is 19.7 Å². The number of ether oxygens (including phenoxy) is 2. The summed E-state index contributed by atoms with van der Waals surface area (Å²) in [7, 11) is 0. The van der Waals surface area contributed by atoms with Gasteiger partial charge in [-0.1, -0.05) is 17.7 Å². The smallest absolute Gasteiger partial charge is 0.254 e. The predicted octanol–water partition coefficient (Wildman–Crippen LogP) is 5.33. The minimum absolute atomic E-state index is 0.0738. The molecule has 1 saturated heterocycles. The number of hydrogen-bond acceptors (Lipinski definition) is 5. The molecule has 3 heterocycles. The lowest BCUT2D eigenvalue weighted by atomic mass is 10.00. The van der Waals surface area contributed by atoms with Crippen LogP contribution in [0.2, 0.25) is 0 Å². The van der Waals surface area contributed by atoms with Crippen LogP contribution in [-0.2, 0) is 16.0 Å². The van der Waals surface area contributed by atoms with Crippen LogP contribution in [0.15, 0.2) is 53.9 Å². The highest BCUT2D eigenvalue weighted by Crippen LogP contribution is 2.34. The van der Waals surface area contributed by atoms with E-state index in [0.717, 1.165) is 36.1 Å². The van der Waals surface area contributed by atoms with E-state index in [9.17, 15) is 14.0 Å². The second kappa shape index (κ2) is 11.7. The molecule has 6 nitrogen and oxygen atoms in total. The molecule has 1 fully saturated rings. The molecule has 2 aliphatic rings. The fourth-order valence-electron chi connectivity index (χ4n) is 5.29. The number of carbonyl (C=O) groups is 2. The summed E-state index contributed by atoms with van der Waals surface area (Å²) in [5, 5.41) is 2.06. The fourth-order valence-corrected chi connectivity index (χ4v) is 6.22. The summed E-state index contributed by atoms with van der Waals surface area (Å²) in [5.74, 6) is -0.0404. The summed E-state index contributed by atoms with van der Waals surface area (Å²) in [6, 6.07) is 13.4. The summed E-state index contributed by atoms with van der Waals surface area (Å²) in [4.78, 5) is 31.9. The summed E-state index contributed by atoms with van der Waals surface area (Å²) in [6.07, 6.45) is 2.44. The molecule has 5 rings (SSSR count). The first kappa shape index (κ1) is 26.4. The molecule has 0 spiro atoms. The Morgan fingerprint density at radius 1 is 1.16 bits per heavy atom. The van der Waals surface area contributed by atoms with Crippen molar-refractivity contribution in [2.24, 2.45) is 0 Å². The number of rotatable bonds is 8. The number of thiophene rings is 1. The molecule has 0 aliphatic carbocycles. The van der Waals surface area contributed by atoms with Crippen molar-refractivity contribution in [3.8, 4) is 5.75 Å². The van der Waals surface area contributed by atoms with Gasteiger partial charge in [-0.05, 0) is 86.0 Å². The first-order chi connectivity index (χ1) is 18.4. The summed E-state index contributed by atoms with van der Waals surface area (Å²) < 4.78 is 25.5. The lowest BCUT2D eigenvalue weighted by Crippen LogP contribution is -2.49. The Morgan fingerprint density at radius 3 is 2.71 bits per heavy atom. The van der Waals surface area contributed by atoms with Gasteiger partial charge in [0.1, 0.15) is 24.7 Å². The van der Waals surface area contributed by atoms with E-state index in [1.165, 1.54) is 34.7 Å². The van der Waals surface area contributed by atoms with Crippen LogP contribution in [0.5, 0.6) is 5.75 Å². The average molecular weight is 537 g/mol. The normalized spacial score (nSPS) is 18.8. The fraction of sp³-hybridized carbons (Fsp3) is 0.400. The maximum atomic E-state index is 13.8. The van der Waals surface area contributed by atoms with E-state index >= 15 is 0 Å². The van der Waals surface area contributed by atoms with E-state index in [1.54, 1.807) is 16.2 Å². The molecule has 200 valence electrons. The van der Waals surface area contributed by atoms with E-state index < -0.39 is 5.82 Å². The Morgan fingerprint density at radius 2 is 1.97 bits per heavy atom. The number of aryl methyl sites for hydroxylation is 2. The highest BCUT2D eigenvalue weighted by Gasteiger charge is 2.34. The number of amides is 2. The topological polar surface area (TPSA) is 59.1 Å². The van der Waals surface area contributed by atoms with Crippen molar-refractivity contribution in [3.05, 3.63) is 86.9 Å². The number of carbonyl (C=O) groups excluding carboxylic acids is 2. The minimum Gasteiger partial charge on any atom is -0.491 e. The van der Waals surface area contributed by atoms with Crippen LogP contribution < -0.4 is 4.74 Å². The van der Waals surface area contributed by atoms with Crippen LogP contribution in [0.1, 0.15) is 50.8 Å². The number of hydrogen-bond donors (Lipinski definition) is 0. The zero-order valence-corrected chi connectivity index (χ0v) is 22.6. The van der Waals surface area contributed by atoms with Crippen molar-refractivity contribution in [3.63, 3.8) is 0 Å². The molecule has 0 saturated carbocycles. The molecule has 8 heteroatoms. The molecule has 2 amide bonds. The van der Waals surface area contributed by atoms with E-state index in [2.05, 4.69) is 17.5 Å². The summed E-state index contributed by atoms with van der Waals surface area (Å²) >= 11 is 1.70. The molecular formula is C30H33FN2O4S. The van der Waals surface area contributed by atoms with E-state index in [4.69, 9.17) is 9.47 Å². The Bertz CT molecular complexity index is 1290. The third-order valence-electron chi connectivity index (χ3n) is 7.29. The number of halogens is 1. The van der Waals surface area contributed by atoms with Crippen molar-refractivity contribution < 1.29 is 23.5 Å². The van der Waals surface area contributed by atoms with Gasteiger partial charge in [0.2, 0.25) is 5.91 Å². The Hall–Kier alpha value is -3.23. The largest absolute Gasteiger partial charge is 0.491 e. The molecule has 0 bridgehead atoms. The van der Waals surface area contributed by atoms with Gasteiger partial charge in [0.15, 0.2) is 0 Å². The van der Waals surface area contributed by atoms with Gasteiger partial charge in [-0.3, -0.25) is 9.59 Å². The van der Waals surface area contributed by atoms with Crippen molar-refractivity contribution in [1.82, 2.24) is 9.80 Å². The molecule has 0 radical (unpaired) electrons. The number of nitrogens with zero attached hydrogens (tertiary/aromatic N) is 2. The molecule has 0 N–H and O–H groups in total. The molecule has 38 heavy (non-hydrogen) atoms. The number of fused-ring (bicyclic) bond motifs is 1. The first-order valence-electron chi connectivity index (χ1n) is 13.1. The van der Waals surface area contributed by atoms with Crippen molar-refractivity contribution in [2.75, 3.05) is 32.8 Å². The van der Waals surface area contributed by atoms with Gasteiger partial charge in [-0.15, -0.1) is 11.3 Å². The third kappa shape index (κ3) is 5.92. The van der Waals surface area contributed by atoms with Crippen molar-refractivity contribution >= 4 is 23.2 Å². The highest BCUT2D eigenvalue weighted by molar-refractivity contribution is 7.10. The van der Waals surface area contributed by atoms with Crippen LogP contribution >= 0.6 is 11.3 Å². The van der Waals surface area contributed by atoms with E-state index in [1.807, 2.05) is 30.9 Å². The molecule has 2 aromatic carbocycles. The van der Waals surface area contributed by atoms with Gasteiger partial charge in [0.05, 0.1) is 12.1 Å². The van der Waals surface area contributed by atoms with E-state index in [-0.39, 0.29) is 30.5 Å². The summed E-state index contributed by atoms with van der Waals surface area (Å²) in [5.41, 5.74) is 3.68. The predicted molar refractivity (Wildman–Crippen MR) is 145 cm³/mol. The molecule has 3 aromatic rings. The minimum atomic E-state index is -0.408. The zero-order chi connectivity index (χ0) is 26.6. The lowest BCUT2D eigenvalue weighted by molar-refractivity contribution is -0.135. The highest BCUT2D eigenvalue weighted by atomic mass is 32.1. The van der Waals surface area contributed by atoms with Crippen LogP contribution in [0.25, 0.3) is 0 Å². The second-order valence-corrected chi connectivity index (χ2v) is 11.1. The van der Waals surface area contributed by atoms with Gasteiger partial charge < -0.3 is 19.3 Å². The maximum absolute atomic E-state index is 13.8. The molecule has 1 aromatic heterocycles. The average Bonchev–Trinajstić information content (AvgIpc) is 3.60. The third-order valence-corrected chi connectivity index (χ3v) is 8.29. The Kier molecular flexibility index (Phi) is 8.09. The standard InChI is InChI=1S/C30H33FN2O4S/c1-20-5-10-27(21(2)16-20)37-19-26-25-12-15-38-28(25)11-13-33(26)29(34)18-32(17-24-4-3-14-36-24)30(35)22-6-8-23(31)9-7-22/h5-10,12,15-16,24,26H,3-4,11,13-14,17-19H2,1-2H3/t24-,26+/m1/s1. The Labute approximate surface area is 227 Å². The van der Waals surface area contributed by atoms with Gasteiger partial charge in [-0.2, -0.15) is 0 Å². The van der Waals surface area contributed by atoms with Crippen molar-refractivity contribution in [1.29, 1.82) is 0 Å². The zero-order valence-electron chi connectivity index (χ0n) is 21.8. The van der Waals surface area contributed by atoms with Crippen LogP contribution in [0.3, 0.4) is 0 Å². The van der Waals surface area contributed by atoms with Gasteiger partial charge in [-0.25, -0.2) is 4.39 Å². The maximum Gasteiger partial charge on any atom is 0.254 e. The van der Waals surface area contributed by atoms with Gasteiger partial charge >= 0.3 is 0 Å². The van der Waals surface area contributed by atoms with E-state index in [0.29, 0.717) is 31.9 Å². The van der Waals surface area contributed by atoms with Crippen molar-refractivity contribution in [2.45, 2.75) is 45.3 Å². The van der Waals surface area contributed by atoms with Crippen LogP contribution in [0.4, 0.5) is 4.39 Å². The lowest BCUT2D eigenvalue weighted by Gasteiger charge is -2.37. The second-order valence-electron chi connectivity index (χ2n) is 10.1. The molecule has 0 unspecified atom stereocenters. The molecular weight excluding hydrogens is 503 g/mol. The summed E-state index contributed by atoms with van der Waals surface area (Å²) in [6.45, 7) is 5.86. The SMILES string of the molecule is Cc1ccc(OC[C@H]2c3ccsc3CCN2C(=O)CN(C[C@H]2CCCO2)C(=O)c2ccc(F)cc2)c(C)c1. The first-order valence-corrected chi connectivity index (χ1v) is 14.0. The Balaban J connectivity index is 1.36. The molecule has 2 aliphatic heterocycles. The van der Waals surface area contributed by atoms with Crippen LogP contribution in [-0.4, -0.2) is 60.6 Å². The monoisotopic (exact) mass is 536 g/mol. The van der Waals surface area contributed by atoms with Gasteiger partial charge in [0, 0.05) is 30.1 Å². The van der Waals surface area contributed by atoms with Gasteiger partial charge in [0.25, 0.3) is 5.91 Å². The molecule has 2 atom stereocenters. The number of benzene rings is 2.